The van der Waals surface area contributed by atoms with E-state index in [-0.39, 0.29) is 10.7 Å². The standard InChI is InChI=1S/C48H32ClN5/c1-48(2)39-18-6-3-15-33(39)37-26-38-34-22-21-29(25-41(34)50-42(38)27-40(37)48)28-11-9-12-30(23-28)45-51-46(53-47(49)52-45)31-13-10-14-32(24-31)54-43-19-7-4-16-35(43)36-17-5-8-20-44(36)54/h3-27,50H,1-2H3. The molecule has 0 amide bonds. The molecule has 3 heterocycles. The molecule has 7 aromatic carbocycles. The summed E-state index contributed by atoms with van der Waals surface area (Å²) in [5, 5.41) is 5.04. The maximum atomic E-state index is 6.62. The van der Waals surface area contributed by atoms with Crippen LogP contribution < -0.4 is 0 Å². The van der Waals surface area contributed by atoms with E-state index in [4.69, 9.17) is 16.6 Å². The minimum absolute atomic E-state index is 0.0457. The number of para-hydroxylation sites is 2. The number of benzene rings is 7. The predicted octanol–water partition coefficient (Wildman–Crippen LogP) is 12.6. The summed E-state index contributed by atoms with van der Waals surface area (Å²) in [6, 6.07) is 53.8. The van der Waals surface area contributed by atoms with E-state index in [9.17, 15) is 0 Å². The van der Waals surface area contributed by atoms with E-state index < -0.39 is 0 Å². The molecule has 0 radical (unpaired) electrons. The molecule has 0 atom stereocenters. The molecule has 11 rings (SSSR count). The molecule has 1 aliphatic carbocycles. The van der Waals surface area contributed by atoms with E-state index in [2.05, 4.69) is 161 Å². The Hall–Kier alpha value is -6.56. The number of H-pyrrole nitrogens is 1. The zero-order chi connectivity index (χ0) is 36.1. The van der Waals surface area contributed by atoms with Gasteiger partial charge in [-0.25, -0.2) is 4.98 Å². The first-order valence-corrected chi connectivity index (χ1v) is 18.6. The van der Waals surface area contributed by atoms with Crippen molar-refractivity contribution in [1.82, 2.24) is 24.5 Å². The summed E-state index contributed by atoms with van der Waals surface area (Å²) >= 11 is 6.62. The second-order valence-corrected chi connectivity index (χ2v) is 15.1. The quantitative estimate of drug-likeness (QED) is 0.197. The van der Waals surface area contributed by atoms with Gasteiger partial charge < -0.3 is 9.55 Å². The predicted molar refractivity (Wildman–Crippen MR) is 222 cm³/mol. The zero-order valence-electron chi connectivity index (χ0n) is 29.6. The van der Waals surface area contributed by atoms with Crippen LogP contribution in [0.15, 0.2) is 152 Å². The molecule has 0 saturated carbocycles. The molecule has 0 fully saturated rings. The molecule has 54 heavy (non-hydrogen) atoms. The molecule has 1 N–H and O–H groups in total. The average Bonchev–Trinajstić information content (AvgIpc) is 3.82. The number of hydrogen-bond donors (Lipinski definition) is 1. The van der Waals surface area contributed by atoms with Gasteiger partial charge in [0.25, 0.3) is 0 Å². The van der Waals surface area contributed by atoms with Crippen LogP contribution in [0.25, 0.3) is 94.3 Å². The van der Waals surface area contributed by atoms with E-state index in [1.807, 2.05) is 24.3 Å². The van der Waals surface area contributed by atoms with Crippen LogP contribution in [0.2, 0.25) is 5.28 Å². The van der Waals surface area contributed by atoms with E-state index >= 15 is 0 Å². The van der Waals surface area contributed by atoms with Crippen molar-refractivity contribution in [3.05, 3.63) is 168 Å². The number of nitrogens with one attached hydrogen (secondary N) is 1. The number of rotatable bonds is 4. The molecule has 0 spiro atoms. The minimum Gasteiger partial charge on any atom is -0.354 e. The van der Waals surface area contributed by atoms with E-state index in [1.54, 1.807) is 0 Å². The topological polar surface area (TPSA) is 59.4 Å². The summed E-state index contributed by atoms with van der Waals surface area (Å²) in [6.07, 6.45) is 0. The lowest BCUT2D eigenvalue weighted by molar-refractivity contribution is 0.661. The van der Waals surface area contributed by atoms with Gasteiger partial charge in [-0.2, -0.15) is 9.97 Å². The maximum absolute atomic E-state index is 6.62. The van der Waals surface area contributed by atoms with Gasteiger partial charge in [0.2, 0.25) is 5.28 Å². The number of nitrogens with zero attached hydrogens (tertiary/aromatic N) is 4. The molecule has 256 valence electrons. The average molecular weight is 714 g/mol. The lowest BCUT2D eigenvalue weighted by Gasteiger charge is -2.21. The first-order valence-electron chi connectivity index (χ1n) is 18.2. The fraction of sp³-hybridized carbons (Fsp3) is 0.0625. The second-order valence-electron chi connectivity index (χ2n) is 14.8. The van der Waals surface area contributed by atoms with Crippen molar-refractivity contribution in [2.24, 2.45) is 0 Å². The molecule has 1 aliphatic rings. The molecule has 0 unspecified atom stereocenters. The third kappa shape index (κ3) is 4.62. The largest absolute Gasteiger partial charge is 0.354 e. The van der Waals surface area contributed by atoms with Crippen LogP contribution in [0.3, 0.4) is 0 Å². The number of aromatic amines is 1. The van der Waals surface area contributed by atoms with Crippen LogP contribution in [-0.2, 0) is 5.41 Å². The molecule has 0 aliphatic heterocycles. The third-order valence-electron chi connectivity index (χ3n) is 11.3. The van der Waals surface area contributed by atoms with Gasteiger partial charge >= 0.3 is 0 Å². The van der Waals surface area contributed by atoms with Crippen molar-refractivity contribution in [2.45, 2.75) is 19.3 Å². The fourth-order valence-electron chi connectivity index (χ4n) is 8.71. The normalized spacial score (nSPS) is 13.2. The van der Waals surface area contributed by atoms with Crippen molar-refractivity contribution in [3.63, 3.8) is 0 Å². The van der Waals surface area contributed by atoms with Crippen LogP contribution in [0.1, 0.15) is 25.0 Å². The fourth-order valence-corrected chi connectivity index (χ4v) is 8.87. The summed E-state index contributed by atoms with van der Waals surface area (Å²) in [5.74, 6) is 1.05. The molecular weight excluding hydrogens is 682 g/mol. The summed E-state index contributed by atoms with van der Waals surface area (Å²) in [6.45, 7) is 4.65. The Balaban J connectivity index is 0.965. The SMILES string of the molecule is CC1(C)c2ccccc2-c2cc3c(cc21)[nH]c1cc(-c2cccc(-c4nc(Cl)nc(-c5cccc(-n6c7ccccc7c7ccccc76)c5)n4)c2)ccc13. The summed E-state index contributed by atoms with van der Waals surface area (Å²) in [7, 11) is 0. The zero-order valence-corrected chi connectivity index (χ0v) is 30.4. The molecule has 3 aromatic heterocycles. The molecule has 0 bridgehead atoms. The Bertz CT molecular complexity index is 3110. The van der Waals surface area contributed by atoms with Crippen molar-refractivity contribution >= 4 is 55.2 Å². The van der Waals surface area contributed by atoms with Crippen LogP contribution >= 0.6 is 11.6 Å². The van der Waals surface area contributed by atoms with Gasteiger partial charge in [-0.15, -0.1) is 0 Å². The van der Waals surface area contributed by atoms with Gasteiger partial charge in [-0.1, -0.05) is 117 Å². The van der Waals surface area contributed by atoms with Crippen LogP contribution in [-0.4, -0.2) is 24.5 Å². The van der Waals surface area contributed by atoms with E-state index in [0.29, 0.717) is 11.6 Å². The molecule has 10 aromatic rings. The second kappa shape index (κ2) is 11.5. The number of hydrogen-bond acceptors (Lipinski definition) is 3. The number of halogens is 1. The summed E-state index contributed by atoms with van der Waals surface area (Å²) in [4.78, 5) is 17.9. The van der Waals surface area contributed by atoms with Gasteiger partial charge in [0.1, 0.15) is 0 Å². The highest BCUT2D eigenvalue weighted by molar-refractivity contribution is 6.28. The van der Waals surface area contributed by atoms with Crippen LogP contribution in [0.5, 0.6) is 0 Å². The third-order valence-corrected chi connectivity index (χ3v) is 11.5. The molecular formula is C48H32ClN5. The molecule has 6 heteroatoms. The number of fused-ring (bicyclic) bond motifs is 9. The van der Waals surface area contributed by atoms with Crippen molar-refractivity contribution in [3.8, 4) is 50.7 Å². The Morgan fingerprint density at radius 2 is 1.11 bits per heavy atom. The Kier molecular flexibility index (Phi) is 6.59. The lowest BCUT2D eigenvalue weighted by Crippen LogP contribution is -2.14. The lowest BCUT2D eigenvalue weighted by atomic mass is 9.82. The van der Waals surface area contributed by atoms with Crippen molar-refractivity contribution < 1.29 is 0 Å². The minimum atomic E-state index is -0.0457. The van der Waals surface area contributed by atoms with E-state index in [0.717, 1.165) is 50.0 Å². The van der Waals surface area contributed by atoms with Gasteiger partial charge in [0.15, 0.2) is 11.6 Å². The van der Waals surface area contributed by atoms with Crippen LogP contribution in [0.4, 0.5) is 0 Å². The van der Waals surface area contributed by atoms with Gasteiger partial charge in [-0.3, -0.25) is 0 Å². The van der Waals surface area contributed by atoms with Gasteiger partial charge in [-0.05, 0) is 93.5 Å². The highest BCUT2D eigenvalue weighted by atomic mass is 35.5. The summed E-state index contributed by atoms with van der Waals surface area (Å²) in [5.41, 5.74) is 14.8. The maximum Gasteiger partial charge on any atom is 0.226 e. The van der Waals surface area contributed by atoms with Gasteiger partial charge in [0, 0.05) is 54.8 Å². The highest BCUT2D eigenvalue weighted by Gasteiger charge is 2.35. The highest BCUT2D eigenvalue weighted by Crippen LogP contribution is 2.50. The summed E-state index contributed by atoms with van der Waals surface area (Å²) < 4.78 is 2.29. The Labute approximate surface area is 316 Å². The smallest absolute Gasteiger partial charge is 0.226 e. The van der Waals surface area contributed by atoms with Gasteiger partial charge in [0.05, 0.1) is 11.0 Å². The Morgan fingerprint density at radius 3 is 1.89 bits per heavy atom. The van der Waals surface area contributed by atoms with Crippen LogP contribution in [0, 0.1) is 0 Å². The van der Waals surface area contributed by atoms with Crippen molar-refractivity contribution in [1.29, 1.82) is 0 Å². The molecule has 0 saturated heterocycles. The monoisotopic (exact) mass is 713 g/mol. The van der Waals surface area contributed by atoms with Crippen molar-refractivity contribution in [2.75, 3.05) is 0 Å². The van der Waals surface area contributed by atoms with E-state index in [1.165, 1.54) is 43.8 Å². The number of aromatic nitrogens is 5. The molecule has 5 nitrogen and oxygen atoms in total. The first kappa shape index (κ1) is 31.0. The first-order chi connectivity index (χ1) is 26.4. The Morgan fingerprint density at radius 1 is 0.481 bits per heavy atom.